The summed E-state index contributed by atoms with van der Waals surface area (Å²) in [4.78, 5) is 22.0. The SMILES string of the molecule is Cl.O=C(NCC1CNCC1O)c1ccc([N+](=O)[O-])s1. The van der Waals surface area contributed by atoms with E-state index in [1.54, 1.807) is 0 Å². The summed E-state index contributed by atoms with van der Waals surface area (Å²) in [7, 11) is 0. The van der Waals surface area contributed by atoms with E-state index in [0.29, 0.717) is 24.5 Å². The van der Waals surface area contributed by atoms with Crippen molar-refractivity contribution in [3.05, 3.63) is 27.1 Å². The topological polar surface area (TPSA) is 104 Å². The molecule has 19 heavy (non-hydrogen) atoms. The molecule has 0 bridgehead atoms. The zero-order valence-corrected chi connectivity index (χ0v) is 11.5. The van der Waals surface area contributed by atoms with E-state index in [0.717, 1.165) is 11.3 Å². The molecule has 2 heterocycles. The molecule has 1 saturated heterocycles. The molecule has 2 atom stereocenters. The van der Waals surface area contributed by atoms with Crippen LogP contribution in [0.2, 0.25) is 0 Å². The van der Waals surface area contributed by atoms with Crippen LogP contribution in [0.3, 0.4) is 0 Å². The van der Waals surface area contributed by atoms with E-state index >= 15 is 0 Å². The summed E-state index contributed by atoms with van der Waals surface area (Å²) in [6, 6.07) is 2.74. The second-order valence-corrected chi connectivity index (χ2v) is 5.15. The van der Waals surface area contributed by atoms with Gasteiger partial charge in [0.15, 0.2) is 0 Å². The number of hydrogen-bond donors (Lipinski definition) is 3. The highest BCUT2D eigenvalue weighted by Gasteiger charge is 2.25. The van der Waals surface area contributed by atoms with Gasteiger partial charge in [-0.2, -0.15) is 0 Å². The first-order valence-corrected chi connectivity index (χ1v) is 6.31. The van der Waals surface area contributed by atoms with E-state index in [1.807, 2.05) is 0 Å². The summed E-state index contributed by atoms with van der Waals surface area (Å²) in [5, 5.41) is 25.7. The molecule has 0 radical (unpaired) electrons. The van der Waals surface area contributed by atoms with Crippen molar-refractivity contribution in [2.45, 2.75) is 6.10 Å². The van der Waals surface area contributed by atoms with E-state index in [1.165, 1.54) is 12.1 Å². The molecular weight excluding hydrogens is 294 g/mol. The summed E-state index contributed by atoms with van der Waals surface area (Å²) in [5.41, 5.74) is 0. The third-order valence-corrected chi connectivity index (χ3v) is 3.86. The highest BCUT2D eigenvalue weighted by Crippen LogP contribution is 2.23. The van der Waals surface area contributed by atoms with Crippen LogP contribution in [0, 0.1) is 16.0 Å². The van der Waals surface area contributed by atoms with Crippen molar-refractivity contribution in [2.24, 2.45) is 5.92 Å². The van der Waals surface area contributed by atoms with Gasteiger partial charge in [0.05, 0.1) is 15.9 Å². The molecule has 2 unspecified atom stereocenters. The molecule has 1 fully saturated rings. The molecule has 1 aromatic heterocycles. The average Bonchev–Trinajstić information content (AvgIpc) is 2.94. The van der Waals surface area contributed by atoms with E-state index in [2.05, 4.69) is 10.6 Å². The highest BCUT2D eigenvalue weighted by atomic mass is 35.5. The van der Waals surface area contributed by atoms with Crippen molar-refractivity contribution in [3.8, 4) is 0 Å². The maximum atomic E-state index is 11.7. The fourth-order valence-corrected chi connectivity index (χ4v) is 2.52. The molecule has 2 rings (SSSR count). The largest absolute Gasteiger partial charge is 0.391 e. The van der Waals surface area contributed by atoms with Gasteiger partial charge in [0.1, 0.15) is 0 Å². The molecule has 0 saturated carbocycles. The Kier molecular flexibility index (Phi) is 5.67. The van der Waals surface area contributed by atoms with Gasteiger partial charge in [-0.3, -0.25) is 14.9 Å². The number of carbonyl (C=O) groups is 1. The van der Waals surface area contributed by atoms with Gasteiger partial charge in [0, 0.05) is 31.6 Å². The fraction of sp³-hybridized carbons (Fsp3) is 0.500. The number of carbonyl (C=O) groups excluding carboxylic acids is 1. The molecule has 1 aromatic rings. The smallest absolute Gasteiger partial charge is 0.324 e. The van der Waals surface area contributed by atoms with Crippen LogP contribution in [0.15, 0.2) is 12.1 Å². The van der Waals surface area contributed by atoms with E-state index in [4.69, 9.17) is 0 Å². The number of halogens is 1. The van der Waals surface area contributed by atoms with Crippen molar-refractivity contribution < 1.29 is 14.8 Å². The molecule has 106 valence electrons. The zero-order valence-electron chi connectivity index (χ0n) is 9.87. The Morgan fingerprint density at radius 1 is 1.58 bits per heavy atom. The monoisotopic (exact) mass is 307 g/mol. The first-order valence-electron chi connectivity index (χ1n) is 5.49. The Hall–Kier alpha value is -1.22. The molecule has 0 spiro atoms. The third kappa shape index (κ3) is 3.87. The standard InChI is InChI=1S/C10H13N3O4S.ClH/c14-7-5-11-3-6(7)4-12-10(15)8-1-2-9(18-8)13(16)17;/h1-2,6-7,11,14H,3-5H2,(H,12,15);1H. The Labute approximate surface area is 119 Å². The Morgan fingerprint density at radius 2 is 2.32 bits per heavy atom. The quantitative estimate of drug-likeness (QED) is 0.551. The first kappa shape index (κ1) is 15.8. The van der Waals surface area contributed by atoms with E-state index in [9.17, 15) is 20.0 Å². The average molecular weight is 308 g/mol. The van der Waals surface area contributed by atoms with Gasteiger partial charge in [-0.1, -0.05) is 11.3 Å². The number of nitrogens with zero attached hydrogens (tertiary/aromatic N) is 1. The van der Waals surface area contributed by atoms with Gasteiger partial charge < -0.3 is 15.7 Å². The van der Waals surface area contributed by atoms with Crippen LogP contribution in [0.1, 0.15) is 9.67 Å². The molecule has 1 amide bonds. The second kappa shape index (κ2) is 6.80. The normalized spacial score (nSPS) is 21.7. The predicted octanol–water partition coefficient (Wildman–Crippen LogP) is 0.388. The van der Waals surface area contributed by atoms with E-state index < -0.39 is 11.0 Å². The van der Waals surface area contributed by atoms with Crippen LogP contribution in [-0.4, -0.2) is 41.7 Å². The van der Waals surface area contributed by atoms with Crippen molar-refractivity contribution in [2.75, 3.05) is 19.6 Å². The molecule has 3 N–H and O–H groups in total. The van der Waals surface area contributed by atoms with E-state index in [-0.39, 0.29) is 29.2 Å². The van der Waals surface area contributed by atoms with Gasteiger partial charge >= 0.3 is 5.00 Å². The van der Waals surface area contributed by atoms with Gasteiger partial charge in [-0.25, -0.2) is 0 Å². The minimum atomic E-state index is -0.522. The maximum absolute atomic E-state index is 11.7. The lowest BCUT2D eigenvalue weighted by Crippen LogP contribution is -2.33. The molecule has 1 aliphatic rings. The minimum absolute atomic E-state index is 0. The van der Waals surface area contributed by atoms with Crippen LogP contribution in [0.5, 0.6) is 0 Å². The van der Waals surface area contributed by atoms with Crippen molar-refractivity contribution in [3.63, 3.8) is 0 Å². The van der Waals surface area contributed by atoms with Crippen molar-refractivity contribution in [1.82, 2.24) is 10.6 Å². The summed E-state index contributed by atoms with van der Waals surface area (Å²) in [6.07, 6.45) is -0.456. The second-order valence-electron chi connectivity index (χ2n) is 4.09. The van der Waals surface area contributed by atoms with Gasteiger partial charge in [-0.15, -0.1) is 12.4 Å². The van der Waals surface area contributed by atoms with Crippen LogP contribution < -0.4 is 10.6 Å². The number of β-amino-alcohol motifs (C(OH)–C–C–N with tert-alkyl or cyclic N) is 1. The molecule has 0 aromatic carbocycles. The van der Waals surface area contributed by atoms with Gasteiger partial charge in [-0.05, 0) is 6.07 Å². The fourth-order valence-electron chi connectivity index (χ4n) is 1.79. The van der Waals surface area contributed by atoms with Gasteiger partial charge in [0.25, 0.3) is 5.91 Å². The number of aliphatic hydroxyl groups excluding tert-OH is 1. The summed E-state index contributed by atoms with van der Waals surface area (Å²) < 4.78 is 0. The van der Waals surface area contributed by atoms with Crippen LogP contribution in [0.25, 0.3) is 0 Å². The third-order valence-electron chi connectivity index (χ3n) is 2.82. The first-order chi connectivity index (χ1) is 8.58. The van der Waals surface area contributed by atoms with Crippen LogP contribution in [0.4, 0.5) is 5.00 Å². The summed E-state index contributed by atoms with van der Waals surface area (Å²) in [5.74, 6) is -0.351. The van der Waals surface area contributed by atoms with Crippen molar-refractivity contribution >= 4 is 34.7 Å². The van der Waals surface area contributed by atoms with Crippen LogP contribution in [-0.2, 0) is 0 Å². The summed E-state index contributed by atoms with van der Waals surface area (Å²) in [6.45, 7) is 1.55. The summed E-state index contributed by atoms with van der Waals surface area (Å²) >= 11 is 0.843. The maximum Gasteiger partial charge on any atom is 0.324 e. The lowest BCUT2D eigenvalue weighted by atomic mass is 10.1. The minimum Gasteiger partial charge on any atom is -0.391 e. The highest BCUT2D eigenvalue weighted by molar-refractivity contribution is 7.17. The number of aliphatic hydroxyl groups is 1. The number of nitrogens with one attached hydrogen (secondary N) is 2. The number of hydrogen-bond acceptors (Lipinski definition) is 6. The number of nitro groups is 1. The molecular formula is C10H14ClN3O4S. The van der Waals surface area contributed by atoms with Crippen molar-refractivity contribution in [1.29, 1.82) is 0 Å². The number of thiophene rings is 1. The molecule has 9 heteroatoms. The number of amides is 1. The lowest BCUT2D eigenvalue weighted by molar-refractivity contribution is -0.380. The lowest BCUT2D eigenvalue weighted by Gasteiger charge is -2.13. The zero-order chi connectivity index (χ0) is 13.1. The molecule has 7 nitrogen and oxygen atoms in total. The Balaban J connectivity index is 0.00000180. The predicted molar refractivity (Wildman–Crippen MR) is 72.9 cm³/mol. The molecule has 1 aliphatic heterocycles. The van der Waals surface area contributed by atoms with Crippen LogP contribution >= 0.6 is 23.7 Å². The Bertz CT molecular complexity index is 467. The number of rotatable bonds is 4. The molecule has 0 aliphatic carbocycles. The van der Waals surface area contributed by atoms with Gasteiger partial charge in [0.2, 0.25) is 0 Å². The Morgan fingerprint density at radius 3 is 2.84 bits per heavy atom.